The second-order valence-electron chi connectivity index (χ2n) is 4.30. The quantitative estimate of drug-likeness (QED) is 0.805. The normalized spacial score (nSPS) is 10.1. The fraction of sp³-hybridized carbons (Fsp3) is 0.267. The van der Waals surface area contributed by atoms with Crippen molar-refractivity contribution in [1.29, 1.82) is 0 Å². The van der Waals surface area contributed by atoms with Gasteiger partial charge in [0.2, 0.25) is 0 Å². The Bertz CT molecular complexity index is 560. The standard InChI is InChI=1S/C15H18N4OS/c1-2-21-14-4-3-13(11-18-14)19-15(20)17-10-7-12-5-8-16-9-6-12/h3-6,8-9,11H,2,7,10H2,1H3,(H2,17,19,20). The van der Waals surface area contributed by atoms with Gasteiger partial charge in [-0.25, -0.2) is 9.78 Å². The molecule has 110 valence electrons. The monoisotopic (exact) mass is 302 g/mol. The van der Waals surface area contributed by atoms with Gasteiger partial charge in [-0.3, -0.25) is 4.98 Å². The molecule has 5 nitrogen and oxygen atoms in total. The molecule has 0 fully saturated rings. The van der Waals surface area contributed by atoms with Gasteiger partial charge in [0.25, 0.3) is 0 Å². The lowest BCUT2D eigenvalue weighted by molar-refractivity contribution is 0.252. The van der Waals surface area contributed by atoms with Crippen molar-refractivity contribution < 1.29 is 4.79 Å². The van der Waals surface area contributed by atoms with E-state index in [1.807, 2.05) is 24.3 Å². The van der Waals surface area contributed by atoms with E-state index in [2.05, 4.69) is 27.5 Å². The van der Waals surface area contributed by atoms with E-state index in [9.17, 15) is 4.79 Å². The van der Waals surface area contributed by atoms with Crippen LogP contribution in [0.5, 0.6) is 0 Å². The molecule has 0 aliphatic rings. The topological polar surface area (TPSA) is 66.9 Å². The van der Waals surface area contributed by atoms with E-state index >= 15 is 0 Å². The number of hydrogen-bond acceptors (Lipinski definition) is 4. The molecule has 2 rings (SSSR count). The fourth-order valence-electron chi connectivity index (χ4n) is 1.73. The van der Waals surface area contributed by atoms with Crippen LogP contribution in [0, 0.1) is 0 Å². The summed E-state index contributed by atoms with van der Waals surface area (Å²) in [5, 5.41) is 6.54. The van der Waals surface area contributed by atoms with Gasteiger partial charge in [-0.05, 0) is 42.0 Å². The van der Waals surface area contributed by atoms with Crippen LogP contribution in [0.15, 0.2) is 47.9 Å². The zero-order valence-electron chi connectivity index (χ0n) is 11.9. The molecule has 21 heavy (non-hydrogen) atoms. The minimum absolute atomic E-state index is 0.221. The van der Waals surface area contributed by atoms with Gasteiger partial charge in [0.1, 0.15) is 0 Å². The average molecular weight is 302 g/mol. The van der Waals surface area contributed by atoms with Crippen molar-refractivity contribution >= 4 is 23.5 Å². The van der Waals surface area contributed by atoms with Gasteiger partial charge < -0.3 is 10.6 Å². The molecule has 6 heteroatoms. The Morgan fingerprint density at radius 2 is 2.05 bits per heavy atom. The zero-order valence-corrected chi connectivity index (χ0v) is 12.7. The molecule has 2 aromatic heterocycles. The molecule has 0 bridgehead atoms. The molecule has 0 spiro atoms. The highest BCUT2D eigenvalue weighted by Gasteiger charge is 2.02. The number of nitrogens with zero attached hydrogens (tertiary/aromatic N) is 2. The molecule has 2 heterocycles. The van der Waals surface area contributed by atoms with Crippen molar-refractivity contribution in [3.8, 4) is 0 Å². The van der Waals surface area contributed by atoms with Crippen LogP contribution in [0.4, 0.5) is 10.5 Å². The number of carbonyl (C=O) groups is 1. The summed E-state index contributed by atoms with van der Waals surface area (Å²) in [5.41, 5.74) is 1.84. The van der Waals surface area contributed by atoms with Crippen LogP contribution < -0.4 is 10.6 Å². The van der Waals surface area contributed by atoms with Crippen molar-refractivity contribution in [2.75, 3.05) is 17.6 Å². The van der Waals surface area contributed by atoms with E-state index in [0.29, 0.717) is 12.2 Å². The van der Waals surface area contributed by atoms with E-state index < -0.39 is 0 Å². The first-order valence-electron chi connectivity index (χ1n) is 6.80. The number of rotatable bonds is 6. The smallest absolute Gasteiger partial charge is 0.319 e. The van der Waals surface area contributed by atoms with Crippen LogP contribution in [0.3, 0.4) is 0 Å². The van der Waals surface area contributed by atoms with Crippen LogP contribution in [-0.4, -0.2) is 28.3 Å². The maximum Gasteiger partial charge on any atom is 0.319 e. The zero-order chi connectivity index (χ0) is 14.9. The number of aromatic nitrogens is 2. The van der Waals surface area contributed by atoms with E-state index in [4.69, 9.17) is 0 Å². The predicted octanol–water partition coefficient (Wildman–Crippen LogP) is 2.95. The minimum atomic E-state index is -0.221. The molecule has 0 atom stereocenters. The largest absolute Gasteiger partial charge is 0.338 e. The first kappa shape index (κ1) is 15.3. The van der Waals surface area contributed by atoms with Gasteiger partial charge in [-0.15, -0.1) is 11.8 Å². The number of nitrogens with one attached hydrogen (secondary N) is 2. The molecule has 0 aromatic carbocycles. The van der Waals surface area contributed by atoms with Crippen LogP contribution in [0.25, 0.3) is 0 Å². The number of carbonyl (C=O) groups excluding carboxylic acids is 1. The van der Waals surface area contributed by atoms with Gasteiger partial charge in [0.15, 0.2) is 0 Å². The molecule has 0 radical (unpaired) electrons. The summed E-state index contributed by atoms with van der Waals surface area (Å²) in [6.45, 7) is 2.65. The third kappa shape index (κ3) is 5.43. The number of urea groups is 1. The van der Waals surface area contributed by atoms with Gasteiger partial charge in [-0.1, -0.05) is 6.92 Å². The highest BCUT2D eigenvalue weighted by atomic mass is 32.2. The first-order chi connectivity index (χ1) is 10.3. The SMILES string of the molecule is CCSc1ccc(NC(=O)NCCc2ccncc2)cn1. The number of pyridine rings is 2. The molecule has 0 saturated heterocycles. The summed E-state index contributed by atoms with van der Waals surface area (Å²) in [6.07, 6.45) is 5.94. The lowest BCUT2D eigenvalue weighted by Crippen LogP contribution is -2.30. The van der Waals surface area contributed by atoms with E-state index in [-0.39, 0.29) is 6.03 Å². The molecule has 0 unspecified atom stereocenters. The lowest BCUT2D eigenvalue weighted by atomic mass is 10.2. The van der Waals surface area contributed by atoms with Crippen molar-refractivity contribution in [3.05, 3.63) is 48.4 Å². The van der Waals surface area contributed by atoms with Crippen molar-refractivity contribution in [2.45, 2.75) is 18.4 Å². The predicted molar refractivity (Wildman–Crippen MR) is 85.6 cm³/mol. The average Bonchev–Trinajstić information content (AvgIpc) is 2.51. The molecule has 0 aliphatic carbocycles. The van der Waals surface area contributed by atoms with Crippen LogP contribution in [0.1, 0.15) is 12.5 Å². The Balaban J connectivity index is 1.74. The van der Waals surface area contributed by atoms with Gasteiger partial charge in [0, 0.05) is 18.9 Å². The summed E-state index contributed by atoms with van der Waals surface area (Å²) in [7, 11) is 0. The highest BCUT2D eigenvalue weighted by molar-refractivity contribution is 7.99. The lowest BCUT2D eigenvalue weighted by Gasteiger charge is -2.07. The van der Waals surface area contributed by atoms with Crippen molar-refractivity contribution in [1.82, 2.24) is 15.3 Å². The van der Waals surface area contributed by atoms with Crippen LogP contribution >= 0.6 is 11.8 Å². The number of hydrogen-bond donors (Lipinski definition) is 2. The Labute approximate surface area is 128 Å². The fourth-order valence-corrected chi connectivity index (χ4v) is 2.32. The Hall–Kier alpha value is -2.08. The Kier molecular flexibility index (Phi) is 6.02. The molecule has 2 aromatic rings. The summed E-state index contributed by atoms with van der Waals surface area (Å²) in [6, 6.07) is 7.41. The third-order valence-electron chi connectivity index (χ3n) is 2.74. The van der Waals surface area contributed by atoms with E-state index in [1.165, 1.54) is 0 Å². The van der Waals surface area contributed by atoms with Gasteiger partial charge >= 0.3 is 6.03 Å². The second kappa shape index (κ2) is 8.26. The van der Waals surface area contributed by atoms with Gasteiger partial charge in [0.05, 0.1) is 16.9 Å². The Morgan fingerprint density at radius 1 is 1.24 bits per heavy atom. The maximum absolute atomic E-state index is 11.7. The molecular weight excluding hydrogens is 284 g/mol. The summed E-state index contributed by atoms with van der Waals surface area (Å²) < 4.78 is 0. The first-order valence-corrected chi connectivity index (χ1v) is 7.79. The van der Waals surface area contributed by atoms with Crippen molar-refractivity contribution in [2.24, 2.45) is 0 Å². The summed E-state index contributed by atoms with van der Waals surface area (Å²) in [5.74, 6) is 0.981. The Morgan fingerprint density at radius 3 is 2.71 bits per heavy atom. The van der Waals surface area contributed by atoms with Gasteiger partial charge in [-0.2, -0.15) is 0 Å². The minimum Gasteiger partial charge on any atom is -0.338 e. The number of amides is 2. The maximum atomic E-state index is 11.7. The number of anilines is 1. The van der Waals surface area contributed by atoms with Crippen molar-refractivity contribution in [3.63, 3.8) is 0 Å². The third-order valence-corrected chi connectivity index (χ3v) is 3.56. The second-order valence-corrected chi connectivity index (χ2v) is 5.59. The van der Waals surface area contributed by atoms with Crippen LogP contribution in [-0.2, 0) is 6.42 Å². The summed E-state index contributed by atoms with van der Waals surface area (Å²) in [4.78, 5) is 20.0. The molecular formula is C15H18N4OS. The van der Waals surface area contributed by atoms with E-state index in [0.717, 1.165) is 22.8 Å². The number of thioether (sulfide) groups is 1. The molecule has 0 aliphatic heterocycles. The molecule has 2 amide bonds. The molecule has 2 N–H and O–H groups in total. The van der Waals surface area contributed by atoms with E-state index in [1.54, 1.807) is 30.4 Å². The highest BCUT2D eigenvalue weighted by Crippen LogP contribution is 2.16. The summed E-state index contributed by atoms with van der Waals surface area (Å²) >= 11 is 1.67. The molecule has 0 saturated carbocycles. The van der Waals surface area contributed by atoms with Crippen LogP contribution in [0.2, 0.25) is 0 Å².